The molecule has 216 valence electrons. The lowest BCUT2D eigenvalue weighted by atomic mass is 10.0. The number of rotatable bonds is 10. The number of anilines is 3. The number of aromatic nitrogens is 5. The van der Waals surface area contributed by atoms with E-state index in [4.69, 9.17) is 9.26 Å². The van der Waals surface area contributed by atoms with Crippen LogP contribution in [0.4, 0.5) is 35.0 Å². The number of carbonyl (C=O) groups is 1. The fraction of sp³-hybridized carbons (Fsp3) is 0.346. The van der Waals surface area contributed by atoms with Crippen LogP contribution in [0, 0.1) is 5.82 Å². The maximum absolute atomic E-state index is 14.8. The van der Waals surface area contributed by atoms with Gasteiger partial charge >= 0.3 is 6.18 Å². The average Bonchev–Trinajstić information content (AvgIpc) is 3.48. The summed E-state index contributed by atoms with van der Waals surface area (Å²) in [5, 5.41) is 22.6. The number of methoxy groups -OCH3 is 1. The van der Waals surface area contributed by atoms with Crippen molar-refractivity contribution < 1.29 is 36.7 Å². The second-order valence-corrected chi connectivity index (χ2v) is 9.73. The van der Waals surface area contributed by atoms with E-state index in [-0.39, 0.29) is 54.8 Å². The van der Waals surface area contributed by atoms with Crippen molar-refractivity contribution in [2.75, 3.05) is 17.7 Å². The van der Waals surface area contributed by atoms with Gasteiger partial charge in [0.05, 0.1) is 32.4 Å². The van der Waals surface area contributed by atoms with Crippen molar-refractivity contribution >= 4 is 23.4 Å². The lowest BCUT2D eigenvalue weighted by Crippen LogP contribution is -2.28. The number of hydrogen-bond acceptors (Lipinski definition) is 9. The van der Waals surface area contributed by atoms with E-state index in [0.717, 1.165) is 6.07 Å². The summed E-state index contributed by atoms with van der Waals surface area (Å²) in [7, 11) is 1.46. The molecule has 1 fully saturated rings. The molecule has 0 aliphatic heterocycles. The summed E-state index contributed by atoms with van der Waals surface area (Å²) < 4.78 is 66.2. The largest absolute Gasteiger partial charge is 0.478 e. The first-order valence-corrected chi connectivity index (χ1v) is 12.5. The highest BCUT2D eigenvalue weighted by Crippen LogP contribution is 2.59. The highest BCUT2D eigenvalue weighted by Gasteiger charge is 2.66. The minimum atomic E-state index is -4.47. The summed E-state index contributed by atoms with van der Waals surface area (Å²) >= 11 is 0. The number of alkyl halides is 3. The van der Waals surface area contributed by atoms with Crippen molar-refractivity contribution in [3.05, 3.63) is 60.0 Å². The van der Waals surface area contributed by atoms with Gasteiger partial charge < -0.3 is 25.0 Å². The lowest BCUT2D eigenvalue weighted by molar-refractivity contribution is -0.165. The van der Waals surface area contributed by atoms with Crippen LogP contribution in [0.15, 0.2) is 47.4 Å². The van der Waals surface area contributed by atoms with Gasteiger partial charge in [-0.15, -0.1) is 5.10 Å². The van der Waals surface area contributed by atoms with Gasteiger partial charge in [-0.1, -0.05) is 17.3 Å². The van der Waals surface area contributed by atoms with Crippen LogP contribution in [0.5, 0.6) is 5.88 Å². The molecule has 1 aromatic carbocycles. The standard InChI is InChI=1S/C26H25F4N7O4/c1-14(38)12-37-13-19(23(35-37)40-2)33-24-31-10-17(11-32-24)15-3-4-16(18(27)7-15)8-22(39)34-21-9-20(41-36-21)25(5-6-25)26(28,29)30/h3-4,7,9-11,13-14,38H,5-6,8,12H2,1-2H3,(H,31,32,33)(H,34,36,39)/t14-/m0/s1. The molecule has 41 heavy (non-hydrogen) atoms. The highest BCUT2D eigenvalue weighted by molar-refractivity contribution is 5.91. The van der Waals surface area contributed by atoms with Gasteiger partial charge in [0.25, 0.3) is 5.88 Å². The van der Waals surface area contributed by atoms with Crippen LogP contribution >= 0.6 is 0 Å². The fourth-order valence-corrected chi connectivity index (χ4v) is 4.25. The number of benzene rings is 1. The van der Waals surface area contributed by atoms with Crippen LogP contribution in [0.25, 0.3) is 11.1 Å². The predicted octanol–water partition coefficient (Wildman–Crippen LogP) is 4.38. The molecule has 4 aromatic rings. The summed E-state index contributed by atoms with van der Waals surface area (Å²) in [5.74, 6) is -1.33. The molecular formula is C26H25F4N7O4. The molecule has 0 saturated heterocycles. The van der Waals surface area contributed by atoms with E-state index in [1.54, 1.807) is 19.2 Å². The Balaban J connectivity index is 1.21. The molecule has 1 aliphatic rings. The van der Waals surface area contributed by atoms with Gasteiger partial charge in [0.2, 0.25) is 11.9 Å². The number of aliphatic hydroxyl groups is 1. The Kier molecular flexibility index (Phi) is 7.38. The van der Waals surface area contributed by atoms with Crippen molar-refractivity contribution in [2.24, 2.45) is 0 Å². The zero-order valence-electron chi connectivity index (χ0n) is 21.9. The zero-order chi connectivity index (χ0) is 29.4. The van der Waals surface area contributed by atoms with Crippen molar-refractivity contribution in [3.63, 3.8) is 0 Å². The molecule has 5 rings (SSSR count). The Bertz CT molecular complexity index is 1550. The van der Waals surface area contributed by atoms with Gasteiger partial charge in [-0.3, -0.25) is 9.48 Å². The van der Waals surface area contributed by atoms with E-state index in [2.05, 4.69) is 30.9 Å². The van der Waals surface area contributed by atoms with Crippen molar-refractivity contribution in [1.29, 1.82) is 0 Å². The first-order chi connectivity index (χ1) is 19.5. The maximum atomic E-state index is 14.8. The minimum Gasteiger partial charge on any atom is -0.478 e. The van der Waals surface area contributed by atoms with Crippen molar-refractivity contribution in [1.82, 2.24) is 24.9 Å². The number of nitrogens with zero attached hydrogens (tertiary/aromatic N) is 5. The lowest BCUT2D eigenvalue weighted by Gasteiger charge is -2.14. The quantitative estimate of drug-likeness (QED) is 0.235. The van der Waals surface area contributed by atoms with Gasteiger partial charge in [0.1, 0.15) is 16.9 Å². The second-order valence-electron chi connectivity index (χ2n) is 9.73. The first-order valence-electron chi connectivity index (χ1n) is 12.5. The molecule has 0 unspecified atom stereocenters. The molecule has 0 spiro atoms. The number of hydrogen-bond donors (Lipinski definition) is 3. The molecule has 11 nitrogen and oxygen atoms in total. The number of ether oxygens (including phenoxy) is 1. The zero-order valence-corrected chi connectivity index (χ0v) is 21.9. The Morgan fingerprint density at radius 3 is 2.56 bits per heavy atom. The van der Waals surface area contributed by atoms with Crippen molar-refractivity contribution in [3.8, 4) is 17.0 Å². The van der Waals surface area contributed by atoms with E-state index in [9.17, 15) is 27.5 Å². The SMILES string of the molecule is COc1nn(C[C@H](C)O)cc1Nc1ncc(-c2ccc(CC(=O)Nc3cc(C4(C(F)(F)F)CC4)on3)c(F)c2)cn1. The average molecular weight is 576 g/mol. The number of aliphatic hydroxyl groups excluding tert-OH is 1. The van der Waals surface area contributed by atoms with Gasteiger partial charge in [-0.2, -0.15) is 13.2 Å². The molecule has 1 saturated carbocycles. The molecule has 0 bridgehead atoms. The number of nitrogens with one attached hydrogen (secondary N) is 2. The second kappa shape index (κ2) is 10.8. The third-order valence-electron chi connectivity index (χ3n) is 6.55. The van der Waals surface area contributed by atoms with Gasteiger partial charge in [-0.25, -0.2) is 14.4 Å². The first kappa shape index (κ1) is 28.0. The summed E-state index contributed by atoms with van der Waals surface area (Å²) in [4.78, 5) is 20.9. The van der Waals surface area contributed by atoms with Gasteiger partial charge in [0.15, 0.2) is 11.6 Å². The van der Waals surface area contributed by atoms with E-state index in [1.165, 1.54) is 36.3 Å². The third kappa shape index (κ3) is 5.99. The molecule has 15 heteroatoms. The summed E-state index contributed by atoms with van der Waals surface area (Å²) in [6.07, 6.45) is -1.05. The van der Waals surface area contributed by atoms with Gasteiger partial charge in [0, 0.05) is 24.0 Å². The van der Waals surface area contributed by atoms with Crippen LogP contribution in [-0.4, -0.2) is 55.3 Å². The molecule has 1 amide bonds. The van der Waals surface area contributed by atoms with E-state index < -0.39 is 29.4 Å². The Morgan fingerprint density at radius 2 is 1.95 bits per heavy atom. The molecule has 3 N–H and O–H groups in total. The maximum Gasteiger partial charge on any atom is 0.401 e. The topological polar surface area (TPSA) is 140 Å². The fourth-order valence-electron chi connectivity index (χ4n) is 4.25. The van der Waals surface area contributed by atoms with Crippen LogP contribution in [-0.2, 0) is 23.2 Å². The predicted molar refractivity (Wildman–Crippen MR) is 137 cm³/mol. The monoisotopic (exact) mass is 575 g/mol. The molecule has 3 aromatic heterocycles. The normalized spacial score (nSPS) is 14.9. The number of halogens is 4. The molecule has 0 radical (unpaired) electrons. The summed E-state index contributed by atoms with van der Waals surface area (Å²) in [5.41, 5.74) is -0.522. The van der Waals surface area contributed by atoms with Crippen LogP contribution < -0.4 is 15.4 Å². The molecular weight excluding hydrogens is 550 g/mol. The third-order valence-corrected chi connectivity index (χ3v) is 6.55. The van der Waals surface area contributed by atoms with E-state index in [0.29, 0.717) is 16.8 Å². The van der Waals surface area contributed by atoms with Crippen molar-refractivity contribution in [2.45, 2.75) is 50.4 Å². The van der Waals surface area contributed by atoms with Crippen LogP contribution in [0.3, 0.4) is 0 Å². The Labute approximate surface area is 230 Å². The van der Waals surface area contributed by atoms with E-state index >= 15 is 0 Å². The molecule has 1 atom stereocenters. The smallest absolute Gasteiger partial charge is 0.401 e. The van der Waals surface area contributed by atoms with E-state index in [1.807, 2.05) is 0 Å². The Morgan fingerprint density at radius 1 is 1.22 bits per heavy atom. The molecule has 1 aliphatic carbocycles. The molecule has 3 heterocycles. The van der Waals surface area contributed by atoms with Crippen LogP contribution in [0.1, 0.15) is 31.1 Å². The van der Waals surface area contributed by atoms with Gasteiger partial charge in [-0.05, 0) is 37.0 Å². The number of amides is 1. The summed E-state index contributed by atoms with van der Waals surface area (Å²) in [6.45, 7) is 1.90. The Hall–Kier alpha value is -4.53. The minimum absolute atomic E-state index is 0.0735. The van der Waals surface area contributed by atoms with Crippen LogP contribution in [0.2, 0.25) is 0 Å². The number of carbonyl (C=O) groups excluding carboxylic acids is 1. The summed E-state index contributed by atoms with van der Waals surface area (Å²) in [6, 6.07) is 5.30. The highest BCUT2D eigenvalue weighted by atomic mass is 19.4.